The smallest absolute Gasteiger partial charge is 0.0705 e. The largest absolute Gasteiger partial charge is 0.377 e. The zero-order chi connectivity index (χ0) is 10.9. The molecule has 1 aromatic heterocycles. The lowest BCUT2D eigenvalue weighted by Crippen LogP contribution is -2.24. The molecule has 0 saturated carbocycles. The summed E-state index contributed by atoms with van der Waals surface area (Å²) in [6.07, 6.45) is 4.82. The molecule has 15 heavy (non-hydrogen) atoms. The van der Waals surface area contributed by atoms with Gasteiger partial charge in [-0.3, -0.25) is 4.98 Å². The van der Waals surface area contributed by atoms with E-state index in [1.54, 1.807) is 0 Å². The molecule has 0 spiro atoms. The van der Waals surface area contributed by atoms with Gasteiger partial charge in [-0.25, -0.2) is 0 Å². The van der Waals surface area contributed by atoms with Gasteiger partial charge in [0, 0.05) is 36.2 Å². The molecular weight excluding hydrogens is 208 g/mol. The van der Waals surface area contributed by atoms with Crippen LogP contribution in [0.15, 0.2) is 29.4 Å². The van der Waals surface area contributed by atoms with Gasteiger partial charge in [-0.15, -0.1) is 11.8 Å². The second kappa shape index (κ2) is 7.68. The van der Waals surface area contributed by atoms with Crippen LogP contribution in [-0.4, -0.2) is 30.0 Å². The third kappa shape index (κ3) is 5.16. The van der Waals surface area contributed by atoms with E-state index in [9.17, 15) is 0 Å². The van der Waals surface area contributed by atoms with Crippen molar-refractivity contribution in [2.45, 2.75) is 24.3 Å². The van der Waals surface area contributed by atoms with Crippen LogP contribution >= 0.6 is 11.8 Å². The van der Waals surface area contributed by atoms with Crippen LogP contribution in [0.5, 0.6) is 0 Å². The van der Waals surface area contributed by atoms with Gasteiger partial charge in [-0.05, 0) is 25.5 Å². The summed E-state index contributed by atoms with van der Waals surface area (Å²) in [7, 11) is 0. The molecule has 0 saturated heterocycles. The van der Waals surface area contributed by atoms with Crippen molar-refractivity contribution in [3.05, 3.63) is 24.5 Å². The molecule has 1 unspecified atom stereocenters. The zero-order valence-electron chi connectivity index (χ0n) is 9.06. The number of hydrogen-bond donors (Lipinski definition) is 1. The Morgan fingerprint density at radius 3 is 2.80 bits per heavy atom. The first-order valence-corrected chi connectivity index (χ1v) is 6.20. The molecule has 2 N–H and O–H groups in total. The molecule has 0 radical (unpaired) electrons. The van der Waals surface area contributed by atoms with E-state index in [0.717, 1.165) is 18.8 Å². The maximum Gasteiger partial charge on any atom is 0.0705 e. The quantitative estimate of drug-likeness (QED) is 0.722. The molecular formula is C11H18N2OS. The van der Waals surface area contributed by atoms with Gasteiger partial charge in [0.05, 0.1) is 6.10 Å². The average Bonchev–Trinajstić information content (AvgIpc) is 2.29. The van der Waals surface area contributed by atoms with Gasteiger partial charge in [0.15, 0.2) is 0 Å². The summed E-state index contributed by atoms with van der Waals surface area (Å²) in [5, 5.41) is 0. The molecule has 1 aromatic rings. The molecule has 0 bridgehead atoms. The third-order valence-corrected chi connectivity index (χ3v) is 3.07. The van der Waals surface area contributed by atoms with Crippen molar-refractivity contribution in [1.29, 1.82) is 0 Å². The maximum absolute atomic E-state index is 5.59. The van der Waals surface area contributed by atoms with Crippen LogP contribution in [-0.2, 0) is 4.74 Å². The number of hydrogen-bond acceptors (Lipinski definition) is 4. The minimum absolute atomic E-state index is 0.198. The Morgan fingerprint density at radius 2 is 2.20 bits per heavy atom. The van der Waals surface area contributed by atoms with Crippen LogP contribution in [0.3, 0.4) is 0 Å². The average molecular weight is 226 g/mol. The molecule has 3 nitrogen and oxygen atoms in total. The van der Waals surface area contributed by atoms with Gasteiger partial charge < -0.3 is 10.5 Å². The number of aromatic nitrogens is 1. The summed E-state index contributed by atoms with van der Waals surface area (Å²) < 4.78 is 5.48. The van der Waals surface area contributed by atoms with Crippen molar-refractivity contribution in [3.63, 3.8) is 0 Å². The van der Waals surface area contributed by atoms with E-state index in [0.29, 0.717) is 6.54 Å². The Balaban J connectivity index is 2.20. The molecule has 84 valence electrons. The van der Waals surface area contributed by atoms with E-state index in [4.69, 9.17) is 10.5 Å². The highest BCUT2D eigenvalue weighted by Gasteiger charge is 2.05. The van der Waals surface area contributed by atoms with Crippen molar-refractivity contribution >= 4 is 11.8 Å². The lowest BCUT2D eigenvalue weighted by atomic mass is 10.3. The molecule has 0 aliphatic rings. The summed E-state index contributed by atoms with van der Waals surface area (Å²) in [4.78, 5) is 5.22. The lowest BCUT2D eigenvalue weighted by molar-refractivity contribution is 0.0674. The minimum atomic E-state index is 0.198. The number of rotatable bonds is 7. The molecule has 1 heterocycles. The summed E-state index contributed by atoms with van der Waals surface area (Å²) in [5.74, 6) is 1.03. The SMILES string of the molecule is CCOC(CN)CCSc1ccncc1. The number of thioether (sulfide) groups is 1. The molecule has 0 aliphatic carbocycles. The summed E-state index contributed by atoms with van der Waals surface area (Å²) in [5.41, 5.74) is 5.59. The van der Waals surface area contributed by atoms with Crippen molar-refractivity contribution in [2.75, 3.05) is 18.9 Å². The number of pyridine rings is 1. The van der Waals surface area contributed by atoms with Crippen molar-refractivity contribution < 1.29 is 4.74 Å². The van der Waals surface area contributed by atoms with E-state index < -0.39 is 0 Å². The molecule has 0 aliphatic heterocycles. The number of ether oxygens (including phenoxy) is 1. The second-order valence-corrected chi connectivity index (χ2v) is 4.30. The molecule has 0 amide bonds. The van der Waals surface area contributed by atoms with E-state index in [1.807, 2.05) is 43.2 Å². The van der Waals surface area contributed by atoms with Crippen LogP contribution in [0.4, 0.5) is 0 Å². The van der Waals surface area contributed by atoms with Gasteiger partial charge in [-0.2, -0.15) is 0 Å². The fraction of sp³-hybridized carbons (Fsp3) is 0.545. The lowest BCUT2D eigenvalue weighted by Gasteiger charge is -2.13. The monoisotopic (exact) mass is 226 g/mol. The van der Waals surface area contributed by atoms with Crippen molar-refractivity contribution in [3.8, 4) is 0 Å². The van der Waals surface area contributed by atoms with Gasteiger partial charge in [0.2, 0.25) is 0 Å². The number of nitrogens with two attached hydrogens (primary N) is 1. The first-order chi connectivity index (χ1) is 7.36. The Bertz CT molecular complexity index is 256. The van der Waals surface area contributed by atoms with E-state index >= 15 is 0 Å². The van der Waals surface area contributed by atoms with Gasteiger partial charge in [-0.1, -0.05) is 0 Å². The van der Waals surface area contributed by atoms with Gasteiger partial charge >= 0.3 is 0 Å². The standard InChI is InChI=1S/C11H18N2OS/c1-2-14-10(9-12)5-8-15-11-3-6-13-7-4-11/h3-4,6-7,10H,2,5,8-9,12H2,1H3. The third-order valence-electron chi connectivity index (χ3n) is 2.02. The molecule has 0 aromatic carbocycles. The summed E-state index contributed by atoms with van der Waals surface area (Å²) in [6.45, 7) is 3.34. The highest BCUT2D eigenvalue weighted by Crippen LogP contribution is 2.18. The molecule has 1 atom stereocenters. The van der Waals surface area contributed by atoms with Crippen LogP contribution < -0.4 is 5.73 Å². The first-order valence-electron chi connectivity index (χ1n) is 5.21. The number of nitrogens with zero attached hydrogens (tertiary/aromatic N) is 1. The van der Waals surface area contributed by atoms with Crippen LogP contribution in [0.1, 0.15) is 13.3 Å². The highest BCUT2D eigenvalue weighted by molar-refractivity contribution is 7.99. The van der Waals surface area contributed by atoms with Gasteiger partial charge in [0.1, 0.15) is 0 Å². The van der Waals surface area contributed by atoms with Gasteiger partial charge in [0.25, 0.3) is 0 Å². The fourth-order valence-corrected chi connectivity index (χ4v) is 2.18. The predicted octanol–water partition coefficient (Wildman–Crippen LogP) is 1.93. The zero-order valence-corrected chi connectivity index (χ0v) is 9.87. The van der Waals surface area contributed by atoms with E-state index in [-0.39, 0.29) is 6.10 Å². The Labute approximate surface area is 95.4 Å². The predicted molar refractivity (Wildman–Crippen MR) is 64.0 cm³/mol. The Hall–Kier alpha value is -0.580. The van der Waals surface area contributed by atoms with E-state index in [1.165, 1.54) is 4.90 Å². The maximum atomic E-state index is 5.59. The Kier molecular flexibility index (Phi) is 6.39. The molecule has 4 heteroatoms. The van der Waals surface area contributed by atoms with E-state index in [2.05, 4.69) is 4.98 Å². The second-order valence-electron chi connectivity index (χ2n) is 3.13. The molecule has 0 fully saturated rings. The first kappa shape index (κ1) is 12.5. The summed E-state index contributed by atoms with van der Waals surface area (Å²) in [6, 6.07) is 4.03. The normalized spacial score (nSPS) is 12.7. The molecule has 1 rings (SSSR count). The minimum Gasteiger partial charge on any atom is -0.377 e. The van der Waals surface area contributed by atoms with Crippen LogP contribution in [0.25, 0.3) is 0 Å². The Morgan fingerprint density at radius 1 is 1.47 bits per heavy atom. The van der Waals surface area contributed by atoms with Crippen LogP contribution in [0, 0.1) is 0 Å². The fourth-order valence-electron chi connectivity index (χ4n) is 1.25. The highest BCUT2D eigenvalue weighted by atomic mass is 32.2. The summed E-state index contributed by atoms with van der Waals surface area (Å²) >= 11 is 1.81. The van der Waals surface area contributed by atoms with Crippen molar-refractivity contribution in [1.82, 2.24) is 4.98 Å². The van der Waals surface area contributed by atoms with Crippen molar-refractivity contribution in [2.24, 2.45) is 5.73 Å². The van der Waals surface area contributed by atoms with Crippen LogP contribution in [0.2, 0.25) is 0 Å². The topological polar surface area (TPSA) is 48.1 Å².